The molecular weight excluding hydrogens is 352 g/mol. The van der Waals surface area contributed by atoms with E-state index in [4.69, 9.17) is 19.3 Å². The van der Waals surface area contributed by atoms with Crippen LogP contribution in [0, 0.1) is 0 Å². The van der Waals surface area contributed by atoms with Gasteiger partial charge in [-0.3, -0.25) is 4.79 Å². The molecule has 0 aliphatic carbocycles. The maximum atomic E-state index is 11.6. The third-order valence-corrected chi connectivity index (χ3v) is 3.56. The second-order valence-electron chi connectivity index (χ2n) is 5.55. The molecule has 0 aliphatic heterocycles. The smallest absolute Gasteiger partial charge is 0.315 e. The van der Waals surface area contributed by atoms with E-state index in [2.05, 4.69) is 10.6 Å². The van der Waals surface area contributed by atoms with Gasteiger partial charge in [-0.05, 0) is 17.7 Å². The predicted molar refractivity (Wildman–Crippen MR) is 98.6 cm³/mol. The minimum atomic E-state index is -0.959. The summed E-state index contributed by atoms with van der Waals surface area (Å²) in [5, 5.41) is 13.7. The molecule has 0 heterocycles. The third-order valence-electron chi connectivity index (χ3n) is 3.56. The zero-order valence-electron chi connectivity index (χ0n) is 15.2. The minimum absolute atomic E-state index is 0.0813. The number of nitrogens with one attached hydrogen (secondary N) is 2. The topological polar surface area (TPSA) is 106 Å². The molecule has 2 rings (SSSR count). The van der Waals surface area contributed by atoms with Crippen molar-refractivity contribution in [1.82, 2.24) is 10.6 Å². The Labute approximate surface area is 157 Å². The van der Waals surface area contributed by atoms with Gasteiger partial charge in [-0.15, -0.1) is 0 Å². The fourth-order valence-corrected chi connectivity index (χ4v) is 2.18. The van der Waals surface area contributed by atoms with Crippen LogP contribution in [0.4, 0.5) is 4.79 Å². The van der Waals surface area contributed by atoms with E-state index in [0.29, 0.717) is 29.5 Å². The van der Waals surface area contributed by atoms with Crippen LogP contribution in [0.2, 0.25) is 0 Å². The van der Waals surface area contributed by atoms with E-state index in [-0.39, 0.29) is 13.0 Å². The number of methoxy groups -OCH3 is 2. The van der Waals surface area contributed by atoms with Crippen molar-refractivity contribution in [1.29, 1.82) is 0 Å². The summed E-state index contributed by atoms with van der Waals surface area (Å²) >= 11 is 0. The summed E-state index contributed by atoms with van der Waals surface area (Å²) in [7, 11) is 3.14. The molecule has 8 heteroatoms. The Balaban J connectivity index is 1.88. The average molecular weight is 374 g/mol. The molecule has 0 saturated carbocycles. The van der Waals surface area contributed by atoms with Crippen LogP contribution in [0.5, 0.6) is 23.0 Å². The number of aliphatic carboxylic acids is 1. The highest BCUT2D eigenvalue weighted by atomic mass is 16.5. The molecule has 2 aromatic carbocycles. The van der Waals surface area contributed by atoms with Crippen molar-refractivity contribution >= 4 is 12.0 Å². The predicted octanol–water partition coefficient (Wildman–Crippen LogP) is 2.77. The third kappa shape index (κ3) is 6.77. The first-order valence-corrected chi connectivity index (χ1v) is 8.23. The summed E-state index contributed by atoms with van der Waals surface area (Å²) in [6, 6.07) is 12.0. The number of hydrogen-bond acceptors (Lipinski definition) is 5. The Bertz CT molecular complexity index is 754. The molecule has 0 fully saturated rings. The van der Waals surface area contributed by atoms with Gasteiger partial charge in [-0.2, -0.15) is 0 Å². The summed E-state index contributed by atoms with van der Waals surface area (Å²) in [5.74, 6) is 1.49. The Kier molecular flexibility index (Phi) is 7.30. The molecular formula is C19H22N2O6. The Morgan fingerprint density at radius 3 is 2.04 bits per heavy atom. The van der Waals surface area contributed by atoms with Crippen molar-refractivity contribution < 1.29 is 28.9 Å². The van der Waals surface area contributed by atoms with E-state index in [0.717, 1.165) is 5.56 Å². The van der Waals surface area contributed by atoms with Crippen molar-refractivity contribution in [3.63, 3.8) is 0 Å². The fourth-order valence-electron chi connectivity index (χ4n) is 2.18. The van der Waals surface area contributed by atoms with E-state index < -0.39 is 12.0 Å². The lowest BCUT2D eigenvalue weighted by Crippen LogP contribution is -2.36. The molecule has 0 atom stereocenters. The van der Waals surface area contributed by atoms with Crippen molar-refractivity contribution in [2.75, 3.05) is 20.8 Å². The molecule has 2 aromatic rings. The normalized spacial score (nSPS) is 10.0. The summed E-state index contributed by atoms with van der Waals surface area (Å²) < 4.78 is 16.2. The van der Waals surface area contributed by atoms with Crippen LogP contribution in [0.25, 0.3) is 0 Å². The molecule has 0 aromatic heterocycles. The van der Waals surface area contributed by atoms with Gasteiger partial charge >= 0.3 is 12.0 Å². The number of hydrogen-bond donors (Lipinski definition) is 3. The molecule has 0 aliphatic rings. The van der Waals surface area contributed by atoms with Crippen LogP contribution in [0.1, 0.15) is 12.0 Å². The van der Waals surface area contributed by atoms with Gasteiger partial charge in [0.25, 0.3) is 0 Å². The maximum absolute atomic E-state index is 11.6. The van der Waals surface area contributed by atoms with E-state index >= 15 is 0 Å². The lowest BCUT2D eigenvalue weighted by Gasteiger charge is -2.11. The first kappa shape index (κ1) is 19.9. The van der Waals surface area contributed by atoms with E-state index in [1.54, 1.807) is 44.6 Å². The number of carbonyl (C=O) groups is 2. The molecule has 3 N–H and O–H groups in total. The molecule has 144 valence electrons. The molecule has 2 amide bonds. The van der Waals surface area contributed by atoms with Gasteiger partial charge in [0.2, 0.25) is 0 Å². The van der Waals surface area contributed by atoms with Gasteiger partial charge in [0.05, 0.1) is 20.6 Å². The molecule has 27 heavy (non-hydrogen) atoms. The SMILES string of the molecule is COc1cc(OC)cc(Oc2ccc(CNC(=O)NCCC(=O)O)cc2)c1. The summed E-state index contributed by atoms with van der Waals surface area (Å²) in [5.41, 5.74) is 0.874. The van der Waals surface area contributed by atoms with Crippen LogP contribution >= 0.6 is 0 Å². The van der Waals surface area contributed by atoms with Gasteiger partial charge in [-0.25, -0.2) is 4.79 Å². The molecule has 0 radical (unpaired) electrons. The van der Waals surface area contributed by atoms with Crippen LogP contribution in [0.15, 0.2) is 42.5 Å². The van der Waals surface area contributed by atoms with Crippen molar-refractivity contribution in [3.05, 3.63) is 48.0 Å². The quantitative estimate of drug-likeness (QED) is 0.623. The number of ether oxygens (including phenoxy) is 3. The van der Waals surface area contributed by atoms with Gasteiger partial charge in [-0.1, -0.05) is 12.1 Å². The lowest BCUT2D eigenvalue weighted by atomic mass is 10.2. The van der Waals surface area contributed by atoms with Crippen molar-refractivity contribution in [2.45, 2.75) is 13.0 Å². The van der Waals surface area contributed by atoms with Crippen LogP contribution in [-0.4, -0.2) is 37.9 Å². The standard InChI is InChI=1S/C19H22N2O6/c1-25-15-9-16(26-2)11-17(10-15)27-14-5-3-13(4-6-14)12-21-19(24)20-8-7-18(22)23/h3-6,9-11H,7-8,12H2,1-2H3,(H,22,23)(H2,20,21,24). The first-order chi connectivity index (χ1) is 13.0. The van der Waals surface area contributed by atoms with Crippen LogP contribution in [-0.2, 0) is 11.3 Å². The first-order valence-electron chi connectivity index (χ1n) is 8.23. The molecule has 0 spiro atoms. The molecule has 0 unspecified atom stereocenters. The summed E-state index contributed by atoms with van der Waals surface area (Å²) in [4.78, 5) is 22.0. The van der Waals surface area contributed by atoms with Crippen molar-refractivity contribution in [2.24, 2.45) is 0 Å². The van der Waals surface area contributed by atoms with Crippen molar-refractivity contribution in [3.8, 4) is 23.0 Å². The summed E-state index contributed by atoms with van der Waals surface area (Å²) in [6.45, 7) is 0.393. The second kappa shape index (κ2) is 9.91. The van der Waals surface area contributed by atoms with Gasteiger partial charge in [0, 0.05) is 31.3 Å². The molecule has 8 nitrogen and oxygen atoms in total. The fraction of sp³-hybridized carbons (Fsp3) is 0.263. The minimum Gasteiger partial charge on any atom is -0.496 e. The Morgan fingerprint density at radius 2 is 1.48 bits per heavy atom. The number of benzene rings is 2. The number of carboxylic acid groups (broad SMARTS) is 1. The number of carboxylic acids is 1. The van der Waals surface area contributed by atoms with E-state index in [1.807, 2.05) is 12.1 Å². The maximum Gasteiger partial charge on any atom is 0.315 e. The zero-order chi connectivity index (χ0) is 19.6. The molecule has 0 saturated heterocycles. The number of carbonyl (C=O) groups excluding carboxylic acids is 1. The Hall–Kier alpha value is -3.42. The Morgan fingerprint density at radius 1 is 0.889 bits per heavy atom. The highest BCUT2D eigenvalue weighted by molar-refractivity contribution is 5.74. The molecule has 0 bridgehead atoms. The number of amides is 2. The monoisotopic (exact) mass is 374 g/mol. The number of rotatable bonds is 9. The highest BCUT2D eigenvalue weighted by Gasteiger charge is 2.05. The second-order valence-corrected chi connectivity index (χ2v) is 5.55. The van der Waals surface area contributed by atoms with Gasteiger partial charge in [0.15, 0.2) is 0 Å². The lowest BCUT2D eigenvalue weighted by molar-refractivity contribution is -0.136. The van der Waals surface area contributed by atoms with E-state index in [1.165, 1.54) is 0 Å². The zero-order valence-corrected chi connectivity index (χ0v) is 15.2. The average Bonchev–Trinajstić information content (AvgIpc) is 2.66. The largest absolute Gasteiger partial charge is 0.496 e. The van der Waals surface area contributed by atoms with Gasteiger partial charge in [0.1, 0.15) is 23.0 Å². The van der Waals surface area contributed by atoms with E-state index in [9.17, 15) is 9.59 Å². The highest BCUT2D eigenvalue weighted by Crippen LogP contribution is 2.30. The van der Waals surface area contributed by atoms with Gasteiger partial charge < -0.3 is 30.0 Å². The number of urea groups is 1. The van der Waals surface area contributed by atoms with Crippen LogP contribution < -0.4 is 24.8 Å². The summed E-state index contributed by atoms with van der Waals surface area (Å²) in [6.07, 6.45) is -0.117. The van der Waals surface area contributed by atoms with Crippen LogP contribution in [0.3, 0.4) is 0 Å².